The SMILES string of the molecule is CC1(C)SC(=S)N(C(CC(=O)O)C(=O)O)C1=O. The second-order valence-electron chi connectivity index (χ2n) is 4.01. The van der Waals surface area contributed by atoms with Gasteiger partial charge in [0.1, 0.15) is 10.4 Å². The molecule has 0 aromatic heterocycles. The Morgan fingerprint density at radius 1 is 1.47 bits per heavy atom. The molecule has 6 nitrogen and oxygen atoms in total. The first-order chi connectivity index (χ1) is 7.66. The molecule has 0 bridgehead atoms. The topological polar surface area (TPSA) is 94.9 Å². The fraction of sp³-hybridized carbons (Fsp3) is 0.556. The van der Waals surface area contributed by atoms with Gasteiger partial charge < -0.3 is 10.2 Å². The molecule has 1 heterocycles. The molecule has 8 heteroatoms. The molecule has 1 fully saturated rings. The maximum Gasteiger partial charge on any atom is 0.327 e. The second-order valence-corrected chi connectivity index (χ2v) is 6.26. The standard InChI is InChI=1S/C9H11NO5S2/c1-9(2)7(15)10(8(16)17-9)4(6(13)14)3-5(11)12/h4H,3H2,1-2H3,(H,11,12)(H,13,14). The third kappa shape index (κ3) is 2.75. The molecule has 1 aliphatic rings. The molecule has 0 saturated carbocycles. The Bertz CT molecular complexity index is 406. The number of carboxylic acids is 2. The smallest absolute Gasteiger partial charge is 0.327 e. The number of aliphatic carboxylic acids is 2. The molecule has 0 radical (unpaired) electrons. The van der Waals surface area contributed by atoms with E-state index in [4.69, 9.17) is 22.4 Å². The lowest BCUT2D eigenvalue weighted by atomic mass is 10.1. The molecule has 1 rings (SSSR count). The number of carboxylic acid groups (broad SMARTS) is 2. The van der Waals surface area contributed by atoms with E-state index in [0.29, 0.717) is 0 Å². The van der Waals surface area contributed by atoms with Gasteiger partial charge in [-0.05, 0) is 13.8 Å². The number of rotatable bonds is 4. The summed E-state index contributed by atoms with van der Waals surface area (Å²) in [7, 11) is 0. The van der Waals surface area contributed by atoms with E-state index < -0.39 is 35.1 Å². The van der Waals surface area contributed by atoms with E-state index in [0.717, 1.165) is 16.7 Å². The molecule has 1 atom stereocenters. The number of carbonyl (C=O) groups is 3. The van der Waals surface area contributed by atoms with Crippen LogP contribution in [0.25, 0.3) is 0 Å². The number of amides is 1. The van der Waals surface area contributed by atoms with Crippen molar-refractivity contribution in [2.45, 2.75) is 31.1 Å². The molecule has 2 N–H and O–H groups in total. The molecule has 0 aromatic rings. The van der Waals surface area contributed by atoms with Gasteiger partial charge in [-0.2, -0.15) is 0 Å². The van der Waals surface area contributed by atoms with Gasteiger partial charge in [0.15, 0.2) is 0 Å². The normalized spacial score (nSPS) is 20.5. The van der Waals surface area contributed by atoms with Gasteiger partial charge in [0.2, 0.25) is 5.91 Å². The van der Waals surface area contributed by atoms with E-state index >= 15 is 0 Å². The van der Waals surface area contributed by atoms with E-state index in [1.165, 1.54) is 0 Å². The predicted molar refractivity (Wildman–Crippen MR) is 64.8 cm³/mol. The fourth-order valence-electron chi connectivity index (χ4n) is 1.41. The Balaban J connectivity index is 3.04. The quantitative estimate of drug-likeness (QED) is 0.725. The van der Waals surface area contributed by atoms with Crippen molar-refractivity contribution in [2.24, 2.45) is 0 Å². The Hall–Kier alpha value is -1.15. The molecule has 1 amide bonds. The summed E-state index contributed by atoms with van der Waals surface area (Å²) in [4.78, 5) is 34.4. The third-order valence-corrected chi connectivity index (χ3v) is 3.74. The van der Waals surface area contributed by atoms with Crippen LogP contribution in [0.1, 0.15) is 20.3 Å². The van der Waals surface area contributed by atoms with Gasteiger partial charge in [-0.25, -0.2) is 4.79 Å². The predicted octanol–water partition coefficient (Wildman–Crippen LogP) is 0.553. The summed E-state index contributed by atoms with van der Waals surface area (Å²) in [5.74, 6) is -3.13. The van der Waals surface area contributed by atoms with Crippen LogP contribution in [-0.2, 0) is 14.4 Å². The molecule has 17 heavy (non-hydrogen) atoms. The third-order valence-electron chi connectivity index (χ3n) is 2.24. The minimum atomic E-state index is -1.44. The van der Waals surface area contributed by atoms with Crippen molar-refractivity contribution in [1.82, 2.24) is 4.90 Å². The molecule has 1 unspecified atom stereocenters. The summed E-state index contributed by atoms with van der Waals surface area (Å²) >= 11 is 5.99. The zero-order valence-corrected chi connectivity index (χ0v) is 10.8. The summed E-state index contributed by atoms with van der Waals surface area (Å²) < 4.78 is -0.739. The van der Waals surface area contributed by atoms with E-state index in [9.17, 15) is 14.4 Å². The van der Waals surface area contributed by atoms with Gasteiger partial charge in [0.05, 0.1) is 11.2 Å². The lowest BCUT2D eigenvalue weighted by Gasteiger charge is -2.23. The zero-order valence-electron chi connectivity index (χ0n) is 9.17. The van der Waals surface area contributed by atoms with Crippen molar-refractivity contribution in [2.75, 3.05) is 0 Å². The van der Waals surface area contributed by atoms with Gasteiger partial charge in [0, 0.05) is 0 Å². The Morgan fingerprint density at radius 2 is 2.00 bits per heavy atom. The van der Waals surface area contributed by atoms with Crippen LogP contribution >= 0.6 is 24.0 Å². The van der Waals surface area contributed by atoms with Crippen LogP contribution in [0, 0.1) is 0 Å². The van der Waals surface area contributed by atoms with E-state index in [-0.39, 0.29) is 4.32 Å². The van der Waals surface area contributed by atoms with Crippen molar-refractivity contribution in [3.63, 3.8) is 0 Å². The molecular weight excluding hydrogens is 266 g/mol. The summed E-state index contributed by atoms with van der Waals surface area (Å²) in [5.41, 5.74) is 0. The molecule has 94 valence electrons. The molecule has 1 aliphatic heterocycles. The van der Waals surface area contributed by atoms with Gasteiger partial charge in [0.25, 0.3) is 0 Å². The summed E-state index contributed by atoms with van der Waals surface area (Å²) in [6, 6.07) is -1.44. The molecule has 0 aromatic carbocycles. The first-order valence-corrected chi connectivity index (χ1v) is 5.90. The van der Waals surface area contributed by atoms with Crippen molar-refractivity contribution >= 4 is 46.1 Å². The largest absolute Gasteiger partial charge is 0.481 e. The van der Waals surface area contributed by atoms with Gasteiger partial charge in [-0.3, -0.25) is 14.5 Å². The van der Waals surface area contributed by atoms with E-state index in [1.54, 1.807) is 13.8 Å². The average molecular weight is 277 g/mol. The first-order valence-electron chi connectivity index (χ1n) is 4.68. The summed E-state index contributed by atoms with van der Waals surface area (Å²) in [6.07, 6.45) is -0.669. The van der Waals surface area contributed by atoms with Crippen molar-refractivity contribution in [3.8, 4) is 0 Å². The minimum Gasteiger partial charge on any atom is -0.481 e. The highest BCUT2D eigenvalue weighted by molar-refractivity contribution is 8.24. The zero-order chi connectivity index (χ0) is 13.4. The van der Waals surface area contributed by atoms with E-state index in [1.807, 2.05) is 0 Å². The van der Waals surface area contributed by atoms with Gasteiger partial charge in [-0.1, -0.05) is 24.0 Å². The van der Waals surface area contributed by atoms with Crippen molar-refractivity contribution in [1.29, 1.82) is 0 Å². The van der Waals surface area contributed by atoms with Crippen LogP contribution in [0.4, 0.5) is 0 Å². The Labute approximate surface area is 107 Å². The van der Waals surface area contributed by atoms with Crippen LogP contribution < -0.4 is 0 Å². The summed E-state index contributed by atoms with van der Waals surface area (Å²) in [6.45, 7) is 3.23. The Kier molecular flexibility index (Phi) is 3.78. The highest BCUT2D eigenvalue weighted by Crippen LogP contribution is 2.38. The highest BCUT2D eigenvalue weighted by atomic mass is 32.2. The van der Waals surface area contributed by atoms with Crippen molar-refractivity contribution in [3.05, 3.63) is 0 Å². The molecule has 0 aliphatic carbocycles. The van der Waals surface area contributed by atoms with E-state index in [2.05, 4.69) is 0 Å². The van der Waals surface area contributed by atoms with Crippen LogP contribution in [-0.4, -0.2) is 48.1 Å². The molecule has 0 spiro atoms. The van der Waals surface area contributed by atoms with Crippen LogP contribution in [0.15, 0.2) is 0 Å². The van der Waals surface area contributed by atoms with Crippen LogP contribution in [0.2, 0.25) is 0 Å². The number of thioether (sulfide) groups is 1. The average Bonchev–Trinajstić information content (AvgIpc) is 2.33. The first kappa shape index (κ1) is 13.9. The maximum atomic E-state index is 11.9. The summed E-state index contributed by atoms with van der Waals surface area (Å²) in [5, 5.41) is 17.6. The monoisotopic (exact) mass is 277 g/mol. The lowest BCUT2D eigenvalue weighted by Crippen LogP contribution is -2.47. The fourth-order valence-corrected chi connectivity index (χ4v) is 3.17. The molecular formula is C9H11NO5S2. The van der Waals surface area contributed by atoms with Crippen LogP contribution in [0.5, 0.6) is 0 Å². The number of hydrogen-bond donors (Lipinski definition) is 2. The number of thiocarbonyl (C=S) groups is 1. The number of hydrogen-bond acceptors (Lipinski definition) is 5. The van der Waals surface area contributed by atoms with Crippen molar-refractivity contribution < 1.29 is 24.6 Å². The van der Waals surface area contributed by atoms with Gasteiger partial charge in [-0.15, -0.1) is 0 Å². The van der Waals surface area contributed by atoms with Crippen LogP contribution in [0.3, 0.4) is 0 Å². The highest BCUT2D eigenvalue weighted by Gasteiger charge is 2.48. The number of nitrogens with zero attached hydrogens (tertiary/aromatic N) is 1. The minimum absolute atomic E-state index is 0.105. The maximum absolute atomic E-state index is 11.9. The second kappa shape index (κ2) is 4.61. The molecule has 1 saturated heterocycles. The number of carbonyl (C=O) groups excluding carboxylic acids is 1. The van der Waals surface area contributed by atoms with Gasteiger partial charge >= 0.3 is 11.9 Å². The Morgan fingerprint density at radius 3 is 2.29 bits per heavy atom. The lowest BCUT2D eigenvalue weighted by molar-refractivity contribution is -0.151.